The van der Waals surface area contributed by atoms with Crippen molar-refractivity contribution in [2.45, 2.75) is 18.7 Å². The predicted molar refractivity (Wildman–Crippen MR) is 106 cm³/mol. The first-order valence-electron chi connectivity index (χ1n) is 8.74. The molecular formula is C21H12Cl3NO3. The van der Waals surface area contributed by atoms with Gasteiger partial charge in [-0.2, -0.15) is 4.90 Å². The Labute approximate surface area is 176 Å². The minimum absolute atomic E-state index is 0.418. The minimum Gasteiger partial charge on any atom is -0.470 e. The molecule has 0 spiro atoms. The summed E-state index contributed by atoms with van der Waals surface area (Å²) in [6, 6.07) is 16.6. The highest BCUT2D eigenvalue weighted by Crippen LogP contribution is 2.56. The van der Waals surface area contributed by atoms with Gasteiger partial charge < -0.3 is 14.2 Å². The SMILES string of the molecule is Clc1ccc2c(c1)[C@@H]1Oc3ccc(Cl)cc3[C@@H]3Oc4ccc(Cl)cc4[C@H](O2)N13. The lowest BCUT2D eigenvalue weighted by Gasteiger charge is -2.51. The van der Waals surface area contributed by atoms with E-state index in [2.05, 4.69) is 0 Å². The molecule has 7 heteroatoms. The highest BCUT2D eigenvalue weighted by molar-refractivity contribution is 6.31. The number of hydrogen-bond acceptors (Lipinski definition) is 4. The fraction of sp³-hybridized carbons (Fsp3) is 0.143. The summed E-state index contributed by atoms with van der Waals surface area (Å²) in [6.07, 6.45) is -1.25. The summed E-state index contributed by atoms with van der Waals surface area (Å²) in [6.45, 7) is 0. The van der Waals surface area contributed by atoms with Gasteiger partial charge in [-0.3, -0.25) is 0 Å². The molecule has 0 bridgehead atoms. The molecule has 3 aromatic carbocycles. The standard InChI is InChI=1S/C21H12Cl3NO3/c22-10-1-4-16-13(7-10)19-25-20(26-16)14-8-11(23)2-5-17(14)28-21(25)15-9-12(24)3-6-18(15)27-19/h1-9,19-21H/t19-,20-,21-/m0/s1. The molecule has 28 heavy (non-hydrogen) atoms. The third kappa shape index (κ3) is 2.36. The van der Waals surface area contributed by atoms with E-state index >= 15 is 0 Å². The molecule has 3 aliphatic heterocycles. The maximum Gasteiger partial charge on any atom is 0.188 e. The van der Waals surface area contributed by atoms with Gasteiger partial charge in [-0.15, -0.1) is 0 Å². The van der Waals surface area contributed by atoms with Crippen molar-refractivity contribution >= 4 is 34.8 Å². The smallest absolute Gasteiger partial charge is 0.188 e. The summed E-state index contributed by atoms with van der Waals surface area (Å²) in [5.74, 6) is 2.17. The lowest BCUT2D eigenvalue weighted by atomic mass is 9.99. The first-order chi connectivity index (χ1) is 13.6. The summed E-state index contributed by atoms with van der Waals surface area (Å²) in [4.78, 5) is 2.04. The normalized spacial score (nSPS) is 23.9. The topological polar surface area (TPSA) is 30.9 Å². The Morgan fingerprint density at radius 1 is 0.536 bits per heavy atom. The molecule has 0 saturated carbocycles. The molecule has 0 radical (unpaired) electrons. The van der Waals surface area contributed by atoms with Crippen LogP contribution in [-0.4, -0.2) is 4.90 Å². The Hall–Kier alpha value is -2.11. The van der Waals surface area contributed by atoms with Crippen LogP contribution >= 0.6 is 34.8 Å². The maximum atomic E-state index is 6.37. The van der Waals surface area contributed by atoms with Crippen molar-refractivity contribution in [2.75, 3.05) is 0 Å². The van der Waals surface area contributed by atoms with Crippen molar-refractivity contribution in [1.29, 1.82) is 0 Å². The third-order valence-electron chi connectivity index (χ3n) is 5.24. The molecular weight excluding hydrogens is 421 g/mol. The van der Waals surface area contributed by atoms with Crippen LogP contribution < -0.4 is 14.2 Å². The number of rotatable bonds is 0. The molecule has 3 aromatic rings. The molecule has 0 N–H and O–H groups in total. The number of halogens is 3. The fourth-order valence-electron chi connectivity index (χ4n) is 4.04. The molecule has 3 aliphatic rings. The maximum absolute atomic E-state index is 6.37. The average molecular weight is 433 g/mol. The van der Waals surface area contributed by atoms with E-state index in [4.69, 9.17) is 49.0 Å². The van der Waals surface area contributed by atoms with Crippen molar-refractivity contribution in [3.05, 3.63) is 86.4 Å². The number of benzene rings is 3. The number of nitrogens with zero attached hydrogens (tertiary/aromatic N) is 1. The number of hydrogen-bond donors (Lipinski definition) is 0. The van der Waals surface area contributed by atoms with E-state index < -0.39 is 18.7 Å². The van der Waals surface area contributed by atoms with Gasteiger partial charge in [-0.25, -0.2) is 0 Å². The van der Waals surface area contributed by atoms with E-state index in [9.17, 15) is 0 Å². The fourth-order valence-corrected chi connectivity index (χ4v) is 4.59. The molecule has 6 rings (SSSR count). The van der Waals surface area contributed by atoms with Crippen molar-refractivity contribution in [1.82, 2.24) is 4.90 Å². The predicted octanol–water partition coefficient (Wildman–Crippen LogP) is 6.52. The second-order valence-corrected chi connectivity index (χ2v) is 8.21. The van der Waals surface area contributed by atoms with E-state index in [1.165, 1.54) is 0 Å². The first kappa shape index (κ1) is 16.8. The molecule has 3 heterocycles. The highest BCUT2D eigenvalue weighted by atomic mass is 35.5. The largest absolute Gasteiger partial charge is 0.470 e. The van der Waals surface area contributed by atoms with Crippen molar-refractivity contribution in [3.63, 3.8) is 0 Å². The molecule has 0 unspecified atom stereocenters. The van der Waals surface area contributed by atoms with Gasteiger partial charge in [0.05, 0.1) is 16.7 Å². The van der Waals surface area contributed by atoms with Gasteiger partial charge in [0.1, 0.15) is 17.2 Å². The molecule has 4 nitrogen and oxygen atoms in total. The second kappa shape index (κ2) is 5.94. The van der Waals surface area contributed by atoms with Gasteiger partial charge in [0.15, 0.2) is 18.7 Å². The lowest BCUT2D eigenvalue weighted by molar-refractivity contribution is -0.202. The van der Waals surface area contributed by atoms with E-state index in [-0.39, 0.29) is 0 Å². The first-order valence-corrected chi connectivity index (χ1v) is 9.88. The van der Waals surface area contributed by atoms with Crippen LogP contribution in [0.25, 0.3) is 0 Å². The van der Waals surface area contributed by atoms with Crippen LogP contribution in [0.15, 0.2) is 54.6 Å². The van der Waals surface area contributed by atoms with Crippen LogP contribution in [0.4, 0.5) is 0 Å². The van der Waals surface area contributed by atoms with Crippen LogP contribution in [0.1, 0.15) is 35.4 Å². The molecule has 0 aromatic heterocycles. The van der Waals surface area contributed by atoms with Crippen LogP contribution in [-0.2, 0) is 0 Å². The zero-order valence-electron chi connectivity index (χ0n) is 14.2. The molecule has 3 atom stereocenters. The summed E-state index contributed by atoms with van der Waals surface area (Å²) in [5, 5.41) is 1.85. The van der Waals surface area contributed by atoms with Crippen molar-refractivity contribution in [3.8, 4) is 17.2 Å². The zero-order chi connectivity index (χ0) is 19.0. The van der Waals surface area contributed by atoms with Crippen molar-refractivity contribution < 1.29 is 14.2 Å². The van der Waals surface area contributed by atoms with E-state index in [0.29, 0.717) is 15.1 Å². The Morgan fingerprint density at radius 2 is 0.857 bits per heavy atom. The Bertz CT molecular complexity index is 994. The van der Waals surface area contributed by atoms with Gasteiger partial charge in [0.25, 0.3) is 0 Å². The third-order valence-corrected chi connectivity index (χ3v) is 5.95. The monoisotopic (exact) mass is 431 g/mol. The van der Waals surface area contributed by atoms with Gasteiger partial charge in [-0.1, -0.05) is 34.8 Å². The van der Waals surface area contributed by atoms with Gasteiger partial charge in [-0.05, 0) is 54.6 Å². The molecule has 0 fully saturated rings. The Morgan fingerprint density at radius 3 is 1.18 bits per heavy atom. The minimum atomic E-state index is -0.418. The van der Waals surface area contributed by atoms with Crippen LogP contribution in [0.3, 0.4) is 0 Å². The second-order valence-electron chi connectivity index (χ2n) is 6.90. The molecule has 0 saturated heterocycles. The summed E-state index contributed by atoms with van der Waals surface area (Å²) < 4.78 is 19.1. The highest BCUT2D eigenvalue weighted by Gasteiger charge is 2.51. The molecule has 140 valence electrons. The van der Waals surface area contributed by atoms with Crippen LogP contribution in [0, 0.1) is 0 Å². The van der Waals surface area contributed by atoms with E-state index in [0.717, 1.165) is 33.9 Å². The lowest BCUT2D eigenvalue weighted by Crippen LogP contribution is -2.50. The quantitative estimate of drug-likeness (QED) is 0.404. The summed E-state index contributed by atoms with van der Waals surface area (Å²) >= 11 is 18.8. The summed E-state index contributed by atoms with van der Waals surface area (Å²) in [7, 11) is 0. The summed E-state index contributed by atoms with van der Waals surface area (Å²) in [5.41, 5.74) is 2.55. The van der Waals surface area contributed by atoms with E-state index in [1.807, 2.05) is 59.5 Å². The molecule has 0 amide bonds. The molecule has 0 aliphatic carbocycles. The van der Waals surface area contributed by atoms with Crippen molar-refractivity contribution in [2.24, 2.45) is 0 Å². The van der Waals surface area contributed by atoms with Crippen LogP contribution in [0.2, 0.25) is 15.1 Å². The van der Waals surface area contributed by atoms with Gasteiger partial charge in [0, 0.05) is 15.1 Å². The Kier molecular flexibility index (Phi) is 3.57. The van der Waals surface area contributed by atoms with Crippen LogP contribution in [0.5, 0.6) is 17.2 Å². The van der Waals surface area contributed by atoms with Gasteiger partial charge >= 0.3 is 0 Å². The average Bonchev–Trinajstić information content (AvgIpc) is 2.69. The van der Waals surface area contributed by atoms with Gasteiger partial charge in [0.2, 0.25) is 0 Å². The zero-order valence-corrected chi connectivity index (χ0v) is 16.5. The van der Waals surface area contributed by atoms with E-state index in [1.54, 1.807) is 0 Å². The number of fused-ring (bicyclic) bond motifs is 6. The Balaban J connectivity index is 1.61. The number of ether oxygens (including phenoxy) is 3.